The second-order valence-corrected chi connectivity index (χ2v) is 4.61. The topological polar surface area (TPSA) is 30.5 Å². The monoisotopic (exact) mass is 219 g/mol. The largest absolute Gasteiger partial charge is 0.454 e. The van der Waals surface area contributed by atoms with Gasteiger partial charge in [0.15, 0.2) is 11.5 Å². The Morgan fingerprint density at radius 1 is 1.12 bits per heavy atom. The minimum atomic E-state index is 0.154. The summed E-state index contributed by atoms with van der Waals surface area (Å²) in [6.07, 6.45) is 5.02. The number of benzene rings is 1. The van der Waals surface area contributed by atoms with Crippen molar-refractivity contribution in [3.8, 4) is 11.5 Å². The number of ether oxygens (including phenoxy) is 2. The van der Waals surface area contributed by atoms with Crippen molar-refractivity contribution in [1.29, 1.82) is 0 Å². The van der Waals surface area contributed by atoms with Crippen LogP contribution in [0.3, 0.4) is 0 Å². The van der Waals surface area contributed by atoms with E-state index in [1.807, 2.05) is 6.07 Å². The molecule has 0 saturated heterocycles. The Morgan fingerprint density at radius 3 is 2.62 bits per heavy atom. The summed E-state index contributed by atoms with van der Waals surface area (Å²) in [5.41, 5.74) is 1.48. The molecule has 86 valence electrons. The molecule has 1 saturated carbocycles. The van der Waals surface area contributed by atoms with Gasteiger partial charge in [0.25, 0.3) is 0 Å². The van der Waals surface area contributed by atoms with E-state index in [1.165, 1.54) is 31.2 Å². The third-order valence-corrected chi connectivity index (χ3v) is 3.86. The SMILES string of the molecule is CNC1(c2ccc3c(c2)OCO3)CCCC1. The van der Waals surface area contributed by atoms with Crippen LogP contribution in [0.4, 0.5) is 0 Å². The van der Waals surface area contributed by atoms with Gasteiger partial charge >= 0.3 is 0 Å². The average molecular weight is 219 g/mol. The predicted molar refractivity (Wildman–Crippen MR) is 61.8 cm³/mol. The highest BCUT2D eigenvalue weighted by Crippen LogP contribution is 2.42. The van der Waals surface area contributed by atoms with Gasteiger partial charge in [0.2, 0.25) is 6.79 Å². The van der Waals surface area contributed by atoms with E-state index in [2.05, 4.69) is 24.5 Å². The van der Waals surface area contributed by atoms with Crippen molar-refractivity contribution in [2.24, 2.45) is 0 Å². The lowest BCUT2D eigenvalue weighted by Crippen LogP contribution is -2.36. The molecule has 0 aromatic heterocycles. The summed E-state index contributed by atoms with van der Waals surface area (Å²) >= 11 is 0. The van der Waals surface area contributed by atoms with Gasteiger partial charge in [-0.25, -0.2) is 0 Å². The molecular weight excluding hydrogens is 202 g/mol. The maximum absolute atomic E-state index is 5.44. The highest BCUT2D eigenvalue weighted by molar-refractivity contribution is 5.46. The Morgan fingerprint density at radius 2 is 1.88 bits per heavy atom. The lowest BCUT2D eigenvalue weighted by Gasteiger charge is -2.29. The highest BCUT2D eigenvalue weighted by Gasteiger charge is 2.34. The van der Waals surface area contributed by atoms with Crippen LogP contribution in [0.5, 0.6) is 11.5 Å². The lowest BCUT2D eigenvalue weighted by atomic mass is 9.88. The van der Waals surface area contributed by atoms with Crippen LogP contribution in [0.2, 0.25) is 0 Å². The number of rotatable bonds is 2. The smallest absolute Gasteiger partial charge is 0.231 e. The molecule has 0 amide bonds. The predicted octanol–water partition coefficient (Wildman–Crippen LogP) is 2.40. The zero-order valence-electron chi connectivity index (χ0n) is 9.58. The fourth-order valence-electron chi connectivity index (χ4n) is 2.86. The molecule has 1 heterocycles. The lowest BCUT2D eigenvalue weighted by molar-refractivity contribution is 0.174. The molecule has 0 atom stereocenters. The van der Waals surface area contributed by atoms with Crippen LogP contribution in [0, 0.1) is 0 Å². The van der Waals surface area contributed by atoms with Crippen LogP contribution in [0.25, 0.3) is 0 Å². The van der Waals surface area contributed by atoms with Crippen molar-refractivity contribution < 1.29 is 9.47 Å². The Hall–Kier alpha value is -1.22. The van der Waals surface area contributed by atoms with Gasteiger partial charge in [0.05, 0.1) is 0 Å². The Bertz CT molecular complexity index is 397. The van der Waals surface area contributed by atoms with Crippen molar-refractivity contribution in [2.45, 2.75) is 31.2 Å². The molecule has 1 N–H and O–H groups in total. The molecule has 16 heavy (non-hydrogen) atoms. The molecule has 3 heteroatoms. The average Bonchev–Trinajstić information content (AvgIpc) is 2.97. The third-order valence-electron chi connectivity index (χ3n) is 3.86. The molecule has 0 unspecified atom stereocenters. The maximum atomic E-state index is 5.44. The first-order valence-electron chi connectivity index (χ1n) is 5.93. The first-order valence-corrected chi connectivity index (χ1v) is 5.93. The van der Waals surface area contributed by atoms with E-state index in [9.17, 15) is 0 Å². The van der Waals surface area contributed by atoms with Gasteiger partial charge in [-0.05, 0) is 37.6 Å². The van der Waals surface area contributed by atoms with E-state index in [0.717, 1.165) is 11.5 Å². The van der Waals surface area contributed by atoms with Crippen molar-refractivity contribution >= 4 is 0 Å². The summed E-state index contributed by atoms with van der Waals surface area (Å²) in [5, 5.41) is 3.49. The van der Waals surface area contributed by atoms with Crippen LogP contribution in [0.15, 0.2) is 18.2 Å². The highest BCUT2D eigenvalue weighted by atomic mass is 16.7. The number of nitrogens with one attached hydrogen (secondary N) is 1. The van der Waals surface area contributed by atoms with Crippen molar-refractivity contribution in [2.75, 3.05) is 13.8 Å². The molecule has 3 rings (SSSR count). The Balaban J connectivity index is 1.99. The molecule has 0 radical (unpaired) electrons. The molecule has 1 aliphatic carbocycles. The fourth-order valence-corrected chi connectivity index (χ4v) is 2.86. The molecule has 1 aliphatic heterocycles. The van der Waals surface area contributed by atoms with Crippen LogP contribution < -0.4 is 14.8 Å². The van der Waals surface area contributed by atoms with Crippen molar-refractivity contribution in [1.82, 2.24) is 5.32 Å². The quantitative estimate of drug-likeness (QED) is 0.828. The summed E-state index contributed by atoms with van der Waals surface area (Å²) in [7, 11) is 2.05. The summed E-state index contributed by atoms with van der Waals surface area (Å²) in [6.45, 7) is 0.353. The van der Waals surface area contributed by atoms with Gasteiger partial charge in [-0.2, -0.15) is 0 Å². The van der Waals surface area contributed by atoms with Gasteiger partial charge in [0, 0.05) is 5.54 Å². The van der Waals surface area contributed by atoms with Gasteiger partial charge in [-0.3, -0.25) is 0 Å². The third kappa shape index (κ3) is 1.39. The van der Waals surface area contributed by atoms with E-state index in [-0.39, 0.29) is 5.54 Å². The zero-order chi connectivity index (χ0) is 11.0. The van der Waals surface area contributed by atoms with Gasteiger partial charge in [0.1, 0.15) is 0 Å². The zero-order valence-corrected chi connectivity index (χ0v) is 9.58. The molecule has 3 nitrogen and oxygen atoms in total. The number of hydrogen-bond donors (Lipinski definition) is 1. The van der Waals surface area contributed by atoms with Crippen LogP contribution in [-0.2, 0) is 5.54 Å². The van der Waals surface area contributed by atoms with Crippen LogP contribution in [0.1, 0.15) is 31.2 Å². The Labute approximate surface area is 95.8 Å². The molecule has 0 spiro atoms. The standard InChI is InChI=1S/C13H17NO2/c1-14-13(6-2-3-7-13)10-4-5-11-12(8-10)16-9-15-11/h4-5,8,14H,2-3,6-7,9H2,1H3. The summed E-state index contributed by atoms with van der Waals surface area (Å²) in [5.74, 6) is 1.76. The molecule has 1 fully saturated rings. The molecule has 1 aromatic rings. The Kier molecular flexibility index (Phi) is 2.28. The molecule has 1 aromatic carbocycles. The first kappa shape index (κ1) is 9.97. The van der Waals surface area contributed by atoms with Crippen LogP contribution in [-0.4, -0.2) is 13.8 Å². The summed E-state index contributed by atoms with van der Waals surface area (Å²) in [4.78, 5) is 0. The molecule has 2 aliphatic rings. The van der Waals surface area contributed by atoms with Gasteiger partial charge in [-0.15, -0.1) is 0 Å². The van der Waals surface area contributed by atoms with Gasteiger partial charge < -0.3 is 14.8 Å². The van der Waals surface area contributed by atoms with E-state index < -0.39 is 0 Å². The normalized spacial score (nSPS) is 21.3. The van der Waals surface area contributed by atoms with Gasteiger partial charge in [-0.1, -0.05) is 18.9 Å². The van der Waals surface area contributed by atoms with Crippen molar-refractivity contribution in [3.05, 3.63) is 23.8 Å². The molecule has 0 bridgehead atoms. The van der Waals surface area contributed by atoms with E-state index in [0.29, 0.717) is 6.79 Å². The first-order chi connectivity index (χ1) is 7.84. The fraction of sp³-hybridized carbons (Fsp3) is 0.538. The number of fused-ring (bicyclic) bond motifs is 1. The maximum Gasteiger partial charge on any atom is 0.231 e. The van der Waals surface area contributed by atoms with E-state index in [1.54, 1.807) is 0 Å². The van der Waals surface area contributed by atoms with E-state index >= 15 is 0 Å². The minimum absolute atomic E-state index is 0.154. The van der Waals surface area contributed by atoms with E-state index in [4.69, 9.17) is 9.47 Å². The summed E-state index contributed by atoms with van der Waals surface area (Å²) < 4.78 is 10.8. The van der Waals surface area contributed by atoms with Crippen LogP contribution >= 0.6 is 0 Å². The minimum Gasteiger partial charge on any atom is -0.454 e. The molecular formula is C13H17NO2. The second-order valence-electron chi connectivity index (χ2n) is 4.61. The number of hydrogen-bond acceptors (Lipinski definition) is 3. The second kappa shape index (κ2) is 3.67. The van der Waals surface area contributed by atoms with Crippen molar-refractivity contribution in [3.63, 3.8) is 0 Å². The summed E-state index contributed by atoms with van der Waals surface area (Å²) in [6, 6.07) is 6.31.